The third-order valence-corrected chi connectivity index (χ3v) is 6.50. The first-order valence-electron chi connectivity index (χ1n) is 6.17. The van der Waals surface area contributed by atoms with Crippen molar-refractivity contribution in [2.45, 2.75) is 49.1 Å². The minimum Gasteiger partial charge on any atom is -0.316 e. The summed E-state index contributed by atoms with van der Waals surface area (Å²) in [6.07, 6.45) is 9.88. The number of hydrogen-bond acceptors (Lipinski definition) is 3. The van der Waals surface area contributed by atoms with Crippen LogP contribution < -0.4 is 5.32 Å². The maximum absolute atomic E-state index is 5.31. The SMILES string of the molecule is C#CCCCC(NC)C1SCCSC1CC. The second kappa shape index (κ2) is 8.33. The number of rotatable bonds is 6. The Labute approximate surface area is 109 Å². The van der Waals surface area contributed by atoms with Crippen LogP contribution in [0.3, 0.4) is 0 Å². The average Bonchev–Trinajstić information content (AvgIpc) is 2.35. The highest BCUT2D eigenvalue weighted by atomic mass is 32.2. The van der Waals surface area contributed by atoms with Crippen LogP contribution in [0.25, 0.3) is 0 Å². The molecule has 1 aliphatic heterocycles. The van der Waals surface area contributed by atoms with Crippen molar-refractivity contribution in [2.24, 2.45) is 0 Å². The minimum absolute atomic E-state index is 0.635. The van der Waals surface area contributed by atoms with Gasteiger partial charge in [0.2, 0.25) is 0 Å². The highest BCUT2D eigenvalue weighted by Crippen LogP contribution is 2.36. The molecule has 0 amide bonds. The molecule has 0 bridgehead atoms. The third-order valence-electron chi connectivity index (χ3n) is 3.10. The Morgan fingerprint density at radius 2 is 2.19 bits per heavy atom. The van der Waals surface area contributed by atoms with Crippen molar-refractivity contribution in [2.75, 3.05) is 18.6 Å². The summed E-state index contributed by atoms with van der Waals surface area (Å²) in [4.78, 5) is 0. The Hall–Kier alpha value is 0.220. The van der Waals surface area contributed by atoms with E-state index in [1.165, 1.54) is 24.3 Å². The molecule has 92 valence electrons. The fourth-order valence-corrected chi connectivity index (χ4v) is 5.55. The van der Waals surface area contributed by atoms with Crippen LogP contribution in [0.5, 0.6) is 0 Å². The Kier molecular flexibility index (Phi) is 7.44. The Balaban J connectivity index is 2.45. The van der Waals surface area contributed by atoms with E-state index in [4.69, 9.17) is 6.42 Å². The second-order valence-corrected chi connectivity index (χ2v) is 6.78. The molecule has 3 heteroatoms. The van der Waals surface area contributed by atoms with Gasteiger partial charge in [-0.15, -0.1) is 12.3 Å². The van der Waals surface area contributed by atoms with Gasteiger partial charge < -0.3 is 5.32 Å². The van der Waals surface area contributed by atoms with Gasteiger partial charge in [-0.25, -0.2) is 0 Å². The first-order valence-corrected chi connectivity index (χ1v) is 8.27. The van der Waals surface area contributed by atoms with Crippen LogP contribution in [-0.2, 0) is 0 Å². The van der Waals surface area contributed by atoms with Crippen LogP contribution in [0.2, 0.25) is 0 Å². The van der Waals surface area contributed by atoms with E-state index in [1.54, 1.807) is 0 Å². The molecule has 16 heavy (non-hydrogen) atoms. The molecule has 0 aliphatic carbocycles. The lowest BCUT2D eigenvalue weighted by Crippen LogP contribution is -2.43. The molecule has 0 saturated carbocycles. The molecule has 0 aromatic rings. The van der Waals surface area contributed by atoms with Crippen molar-refractivity contribution in [3.05, 3.63) is 0 Å². The van der Waals surface area contributed by atoms with E-state index < -0.39 is 0 Å². The van der Waals surface area contributed by atoms with Crippen molar-refractivity contribution in [1.82, 2.24) is 5.32 Å². The molecule has 1 N–H and O–H groups in total. The Morgan fingerprint density at radius 3 is 2.81 bits per heavy atom. The summed E-state index contributed by atoms with van der Waals surface area (Å²) in [5, 5.41) is 5.08. The van der Waals surface area contributed by atoms with Crippen molar-refractivity contribution in [3.8, 4) is 12.3 Å². The summed E-state index contributed by atoms with van der Waals surface area (Å²) in [5.74, 6) is 5.36. The minimum atomic E-state index is 0.635. The maximum atomic E-state index is 5.31. The summed E-state index contributed by atoms with van der Waals surface area (Å²) in [6, 6.07) is 0.635. The zero-order valence-electron chi connectivity index (χ0n) is 10.4. The summed E-state index contributed by atoms with van der Waals surface area (Å²) >= 11 is 4.30. The van der Waals surface area contributed by atoms with Gasteiger partial charge in [0.05, 0.1) is 0 Å². The smallest absolute Gasteiger partial charge is 0.0320 e. The zero-order valence-corrected chi connectivity index (χ0v) is 12.0. The van der Waals surface area contributed by atoms with Crippen molar-refractivity contribution < 1.29 is 0 Å². The summed E-state index contributed by atoms with van der Waals surface area (Å²) in [7, 11) is 2.09. The van der Waals surface area contributed by atoms with Crippen molar-refractivity contribution in [3.63, 3.8) is 0 Å². The van der Waals surface area contributed by atoms with E-state index in [0.717, 1.165) is 23.3 Å². The molecule has 0 radical (unpaired) electrons. The molecule has 1 saturated heterocycles. The van der Waals surface area contributed by atoms with Crippen LogP contribution in [-0.4, -0.2) is 35.1 Å². The summed E-state index contributed by atoms with van der Waals surface area (Å²) in [6.45, 7) is 2.31. The lowest BCUT2D eigenvalue weighted by molar-refractivity contribution is 0.477. The van der Waals surface area contributed by atoms with Gasteiger partial charge in [0.1, 0.15) is 0 Å². The van der Waals surface area contributed by atoms with Crippen LogP contribution >= 0.6 is 23.5 Å². The zero-order chi connectivity index (χ0) is 11.8. The molecule has 3 unspecified atom stereocenters. The van der Waals surface area contributed by atoms with Gasteiger partial charge in [-0.3, -0.25) is 0 Å². The lowest BCUT2D eigenvalue weighted by atomic mass is 10.0. The van der Waals surface area contributed by atoms with E-state index in [1.807, 2.05) is 0 Å². The molecule has 3 atom stereocenters. The highest BCUT2D eigenvalue weighted by molar-refractivity contribution is 8.07. The van der Waals surface area contributed by atoms with Gasteiger partial charge in [-0.1, -0.05) is 6.92 Å². The maximum Gasteiger partial charge on any atom is 0.0320 e. The number of nitrogens with one attached hydrogen (secondary N) is 1. The standard InChI is InChI=1S/C13H23NS2/c1-4-6-7-8-11(14-3)13-12(5-2)15-9-10-16-13/h1,11-14H,5-10H2,2-3H3. The van der Waals surface area contributed by atoms with E-state index in [0.29, 0.717) is 6.04 Å². The van der Waals surface area contributed by atoms with Gasteiger partial charge in [0.15, 0.2) is 0 Å². The normalized spacial score (nSPS) is 27.3. The van der Waals surface area contributed by atoms with Crippen LogP contribution in [0.4, 0.5) is 0 Å². The van der Waals surface area contributed by atoms with Gasteiger partial charge in [0, 0.05) is 34.5 Å². The fraction of sp³-hybridized carbons (Fsp3) is 0.846. The molecular weight excluding hydrogens is 234 g/mol. The first kappa shape index (κ1) is 14.3. The Bertz CT molecular complexity index is 224. The highest BCUT2D eigenvalue weighted by Gasteiger charge is 2.30. The molecule has 1 aliphatic rings. The quantitative estimate of drug-likeness (QED) is 0.580. The summed E-state index contributed by atoms with van der Waals surface area (Å²) < 4.78 is 0. The van der Waals surface area contributed by atoms with Gasteiger partial charge in [-0.2, -0.15) is 23.5 Å². The number of hydrogen-bond donors (Lipinski definition) is 1. The third kappa shape index (κ3) is 4.24. The summed E-state index contributed by atoms with van der Waals surface area (Å²) in [5.41, 5.74) is 0. The predicted octanol–water partition coefficient (Wildman–Crippen LogP) is 3.01. The molecule has 0 spiro atoms. The van der Waals surface area contributed by atoms with Gasteiger partial charge >= 0.3 is 0 Å². The van der Waals surface area contributed by atoms with E-state index >= 15 is 0 Å². The average molecular weight is 257 g/mol. The molecule has 1 fully saturated rings. The molecule has 1 rings (SSSR count). The number of terminal acetylenes is 1. The molecule has 1 heterocycles. The number of unbranched alkanes of at least 4 members (excludes halogenated alkanes) is 1. The number of thioether (sulfide) groups is 2. The van der Waals surface area contributed by atoms with Gasteiger partial charge in [-0.05, 0) is 26.3 Å². The molecule has 0 aromatic heterocycles. The first-order chi connectivity index (χ1) is 7.83. The van der Waals surface area contributed by atoms with Crippen molar-refractivity contribution >= 4 is 23.5 Å². The van der Waals surface area contributed by atoms with Crippen LogP contribution in [0.1, 0.15) is 32.6 Å². The van der Waals surface area contributed by atoms with E-state index in [2.05, 4.69) is 48.7 Å². The fourth-order valence-electron chi connectivity index (χ4n) is 2.21. The molecular formula is C13H23NS2. The lowest BCUT2D eigenvalue weighted by Gasteiger charge is -2.35. The molecule has 0 aromatic carbocycles. The van der Waals surface area contributed by atoms with E-state index in [-0.39, 0.29) is 0 Å². The Morgan fingerprint density at radius 1 is 1.44 bits per heavy atom. The predicted molar refractivity (Wildman–Crippen MR) is 78.3 cm³/mol. The van der Waals surface area contributed by atoms with Gasteiger partial charge in [0.25, 0.3) is 0 Å². The second-order valence-electron chi connectivity index (χ2n) is 4.14. The monoisotopic (exact) mass is 257 g/mol. The van der Waals surface area contributed by atoms with Crippen LogP contribution in [0.15, 0.2) is 0 Å². The topological polar surface area (TPSA) is 12.0 Å². The van der Waals surface area contributed by atoms with Crippen molar-refractivity contribution in [1.29, 1.82) is 0 Å². The van der Waals surface area contributed by atoms with Crippen LogP contribution in [0, 0.1) is 12.3 Å². The molecule has 1 nitrogen and oxygen atoms in total. The largest absolute Gasteiger partial charge is 0.316 e. The van der Waals surface area contributed by atoms with E-state index in [9.17, 15) is 0 Å².